The summed E-state index contributed by atoms with van der Waals surface area (Å²) in [6.07, 6.45) is 1.75. The van der Waals surface area contributed by atoms with Crippen molar-refractivity contribution in [1.82, 2.24) is 10.2 Å². The van der Waals surface area contributed by atoms with Gasteiger partial charge in [-0.25, -0.2) is 8.42 Å². The number of unbranched alkanes of at least 4 members (excludes halogenated alkanes) is 1. The highest BCUT2D eigenvalue weighted by Gasteiger charge is 2.32. The quantitative estimate of drug-likeness (QED) is 0.280. The third kappa shape index (κ3) is 8.08. The van der Waals surface area contributed by atoms with Gasteiger partial charge in [-0.05, 0) is 69.2 Å². The van der Waals surface area contributed by atoms with E-state index in [0.29, 0.717) is 24.6 Å². The van der Waals surface area contributed by atoms with Crippen molar-refractivity contribution >= 4 is 27.5 Å². The lowest BCUT2D eigenvalue weighted by atomic mass is 10.1. The Kier molecular flexibility index (Phi) is 11.1. The lowest BCUT2D eigenvalue weighted by molar-refractivity contribution is -0.139. The van der Waals surface area contributed by atoms with E-state index in [1.165, 1.54) is 17.0 Å². The van der Waals surface area contributed by atoms with Gasteiger partial charge in [-0.3, -0.25) is 13.9 Å². The molecule has 8 nitrogen and oxygen atoms in total. The highest BCUT2D eigenvalue weighted by atomic mass is 32.2. The first-order valence-electron chi connectivity index (χ1n) is 13.6. The topological polar surface area (TPSA) is 96.0 Å². The first-order valence-corrected chi connectivity index (χ1v) is 15.0. The Hall–Kier alpha value is -3.85. The number of hydrogen-bond acceptors (Lipinski definition) is 5. The van der Waals surface area contributed by atoms with Crippen molar-refractivity contribution in [2.24, 2.45) is 0 Å². The smallest absolute Gasteiger partial charge is 0.264 e. The molecule has 0 heterocycles. The first-order chi connectivity index (χ1) is 19.2. The molecular formula is C31H39N3O5S. The minimum absolute atomic E-state index is 0.0692. The maximum absolute atomic E-state index is 13.9. The van der Waals surface area contributed by atoms with Crippen molar-refractivity contribution in [1.29, 1.82) is 0 Å². The van der Waals surface area contributed by atoms with Crippen molar-refractivity contribution in [3.63, 3.8) is 0 Å². The SMILES string of the molecule is CCCCNC(=O)[C@@H](C)N(Cc1ccccc1)C(=O)CN(c1ccc(OCC)cc1)S(=O)(=O)c1ccc(C)cc1. The summed E-state index contributed by atoms with van der Waals surface area (Å²) in [7, 11) is -4.12. The number of ether oxygens (including phenoxy) is 1. The Labute approximate surface area is 238 Å². The lowest BCUT2D eigenvalue weighted by Crippen LogP contribution is -2.51. The number of aryl methyl sites for hydroxylation is 1. The molecule has 0 unspecified atom stereocenters. The number of anilines is 1. The third-order valence-corrected chi connectivity index (χ3v) is 8.30. The number of carbonyl (C=O) groups is 2. The van der Waals surface area contributed by atoms with Crippen LogP contribution in [0, 0.1) is 6.92 Å². The fourth-order valence-corrected chi connectivity index (χ4v) is 5.55. The molecule has 3 aromatic rings. The molecule has 3 rings (SSSR count). The molecule has 0 aliphatic carbocycles. The van der Waals surface area contributed by atoms with Gasteiger partial charge in [0.1, 0.15) is 18.3 Å². The number of hydrogen-bond donors (Lipinski definition) is 1. The predicted octanol–water partition coefficient (Wildman–Crippen LogP) is 4.92. The Morgan fingerprint density at radius 1 is 0.925 bits per heavy atom. The van der Waals surface area contributed by atoms with Crippen LogP contribution in [0.2, 0.25) is 0 Å². The van der Waals surface area contributed by atoms with Crippen LogP contribution in [0.5, 0.6) is 5.75 Å². The number of nitrogens with zero attached hydrogens (tertiary/aromatic N) is 2. The second kappa shape index (κ2) is 14.5. The molecule has 0 radical (unpaired) electrons. The third-order valence-electron chi connectivity index (χ3n) is 6.52. The second-order valence-electron chi connectivity index (χ2n) is 9.58. The maximum atomic E-state index is 13.9. The van der Waals surface area contributed by atoms with Crippen LogP contribution in [0.3, 0.4) is 0 Å². The molecule has 0 aliphatic heterocycles. The van der Waals surface area contributed by atoms with Crippen LogP contribution in [0.25, 0.3) is 0 Å². The maximum Gasteiger partial charge on any atom is 0.264 e. The van der Waals surface area contributed by atoms with E-state index in [2.05, 4.69) is 5.32 Å². The van der Waals surface area contributed by atoms with Gasteiger partial charge in [0.15, 0.2) is 0 Å². The average molecular weight is 566 g/mol. The standard InChI is InChI=1S/C31H39N3O5S/c1-5-7-21-32-31(36)25(4)33(22-26-11-9-8-10-12-26)30(35)23-34(27-15-17-28(18-16-27)39-6-2)40(37,38)29-19-13-24(3)14-20-29/h8-20,25H,5-7,21-23H2,1-4H3,(H,32,36)/t25-/m1/s1. The minimum atomic E-state index is -4.12. The largest absolute Gasteiger partial charge is 0.494 e. The molecule has 0 fully saturated rings. The molecule has 0 spiro atoms. The van der Waals surface area contributed by atoms with Crippen molar-refractivity contribution in [3.05, 3.63) is 90.0 Å². The monoisotopic (exact) mass is 565 g/mol. The van der Waals surface area contributed by atoms with E-state index in [4.69, 9.17) is 4.74 Å². The van der Waals surface area contributed by atoms with Gasteiger partial charge in [0.2, 0.25) is 11.8 Å². The Morgan fingerprint density at radius 3 is 2.17 bits per heavy atom. The Balaban J connectivity index is 1.99. The zero-order valence-corrected chi connectivity index (χ0v) is 24.5. The van der Waals surface area contributed by atoms with Gasteiger partial charge in [-0.2, -0.15) is 0 Å². The molecule has 3 aromatic carbocycles. The van der Waals surface area contributed by atoms with E-state index >= 15 is 0 Å². The van der Waals surface area contributed by atoms with Crippen LogP contribution in [0.15, 0.2) is 83.8 Å². The minimum Gasteiger partial charge on any atom is -0.494 e. The molecule has 0 aliphatic rings. The molecule has 9 heteroatoms. The molecule has 1 N–H and O–H groups in total. The summed E-state index contributed by atoms with van der Waals surface area (Å²) in [5, 5.41) is 2.89. The van der Waals surface area contributed by atoms with E-state index in [1.807, 2.05) is 51.1 Å². The second-order valence-corrected chi connectivity index (χ2v) is 11.4. The molecule has 40 heavy (non-hydrogen) atoms. The van der Waals surface area contributed by atoms with Crippen molar-refractivity contribution in [2.45, 2.75) is 58.0 Å². The van der Waals surface area contributed by atoms with Crippen LogP contribution in [0.1, 0.15) is 44.7 Å². The fourth-order valence-electron chi connectivity index (χ4n) is 4.14. The molecule has 1 atom stereocenters. The first kappa shape index (κ1) is 30.7. The number of rotatable bonds is 14. The van der Waals surface area contributed by atoms with Gasteiger partial charge in [-0.1, -0.05) is 61.4 Å². The summed E-state index contributed by atoms with van der Waals surface area (Å²) in [5.41, 5.74) is 2.06. The van der Waals surface area contributed by atoms with Gasteiger partial charge in [0, 0.05) is 13.1 Å². The Bertz CT molecular complexity index is 1340. The number of amides is 2. The van der Waals surface area contributed by atoms with Gasteiger partial charge >= 0.3 is 0 Å². The summed E-state index contributed by atoms with van der Waals surface area (Å²) >= 11 is 0. The number of sulfonamides is 1. The van der Waals surface area contributed by atoms with E-state index < -0.39 is 28.5 Å². The summed E-state index contributed by atoms with van der Waals surface area (Å²) in [5.74, 6) is -0.188. The van der Waals surface area contributed by atoms with Crippen molar-refractivity contribution in [2.75, 3.05) is 24.0 Å². The van der Waals surface area contributed by atoms with Gasteiger partial charge in [-0.15, -0.1) is 0 Å². The van der Waals surface area contributed by atoms with Crippen LogP contribution in [-0.2, 0) is 26.2 Å². The van der Waals surface area contributed by atoms with E-state index in [0.717, 1.165) is 28.3 Å². The summed E-state index contributed by atoms with van der Waals surface area (Å²) < 4.78 is 34.4. The van der Waals surface area contributed by atoms with Crippen molar-refractivity contribution in [3.8, 4) is 5.75 Å². The number of benzene rings is 3. The molecule has 214 valence electrons. The zero-order valence-electron chi connectivity index (χ0n) is 23.7. The van der Waals surface area contributed by atoms with Gasteiger partial charge in [0.05, 0.1) is 17.2 Å². The normalized spacial score (nSPS) is 11.9. The fraction of sp³-hybridized carbons (Fsp3) is 0.355. The van der Waals surface area contributed by atoms with Crippen LogP contribution >= 0.6 is 0 Å². The molecule has 0 bridgehead atoms. The molecular weight excluding hydrogens is 526 g/mol. The summed E-state index contributed by atoms with van der Waals surface area (Å²) in [6, 6.07) is 21.6. The molecule has 0 saturated carbocycles. The average Bonchev–Trinajstić information content (AvgIpc) is 2.95. The van der Waals surface area contributed by atoms with E-state index in [9.17, 15) is 18.0 Å². The van der Waals surface area contributed by atoms with Crippen LogP contribution < -0.4 is 14.4 Å². The van der Waals surface area contributed by atoms with Crippen LogP contribution in [0.4, 0.5) is 5.69 Å². The van der Waals surface area contributed by atoms with Gasteiger partial charge < -0.3 is 15.0 Å². The zero-order chi connectivity index (χ0) is 29.1. The van der Waals surface area contributed by atoms with E-state index in [1.54, 1.807) is 43.3 Å². The highest BCUT2D eigenvalue weighted by Crippen LogP contribution is 2.27. The molecule has 0 aromatic heterocycles. The molecule has 2 amide bonds. The van der Waals surface area contributed by atoms with Crippen molar-refractivity contribution < 1.29 is 22.7 Å². The number of nitrogens with one attached hydrogen (secondary N) is 1. The molecule has 0 saturated heterocycles. The Morgan fingerprint density at radius 2 is 1.57 bits per heavy atom. The lowest BCUT2D eigenvalue weighted by Gasteiger charge is -2.32. The van der Waals surface area contributed by atoms with E-state index in [-0.39, 0.29) is 17.3 Å². The van der Waals surface area contributed by atoms with Crippen LogP contribution in [-0.4, -0.2) is 50.9 Å². The highest BCUT2D eigenvalue weighted by molar-refractivity contribution is 7.92. The van der Waals surface area contributed by atoms with Gasteiger partial charge in [0.25, 0.3) is 10.0 Å². The summed E-state index contributed by atoms with van der Waals surface area (Å²) in [6.45, 7) is 8.08. The number of carbonyl (C=O) groups excluding carboxylic acids is 2. The predicted molar refractivity (Wildman–Crippen MR) is 158 cm³/mol. The summed E-state index contributed by atoms with van der Waals surface area (Å²) in [4.78, 5) is 28.4.